The van der Waals surface area contributed by atoms with Crippen molar-refractivity contribution in [3.8, 4) is 0 Å². The maximum absolute atomic E-state index is 2.72. The van der Waals surface area contributed by atoms with Gasteiger partial charge in [-0.05, 0) is 30.7 Å². The molecule has 1 rings (SSSR count). The quantitative estimate of drug-likeness (QED) is 0.492. The van der Waals surface area contributed by atoms with Crippen molar-refractivity contribution in [2.75, 3.05) is 0 Å². The Bertz CT molecular complexity index is 405. The van der Waals surface area contributed by atoms with Crippen LogP contribution in [0.4, 0.5) is 0 Å². The van der Waals surface area contributed by atoms with E-state index in [9.17, 15) is 0 Å². The number of allylic oxidation sites excluding steroid dienone is 2. The molecule has 0 N–H and O–H groups in total. The molecule has 0 saturated carbocycles. The molecule has 0 aromatic carbocycles. The normalized spacial score (nSPS) is 21.7. The van der Waals surface area contributed by atoms with Gasteiger partial charge in [0.05, 0.1) is 0 Å². The summed E-state index contributed by atoms with van der Waals surface area (Å²) in [6.07, 6.45) is 5.39. The molecule has 0 atom stereocenters. The third-order valence-electron chi connectivity index (χ3n) is 5.70. The highest BCUT2D eigenvalue weighted by atomic mass is 29.9. The van der Waals surface area contributed by atoms with E-state index in [-0.39, 0.29) is 0 Å². The molecule has 0 aromatic rings. The summed E-state index contributed by atoms with van der Waals surface area (Å²) in [5.41, 5.74) is 4.13. The van der Waals surface area contributed by atoms with Crippen molar-refractivity contribution < 1.29 is 0 Å². The van der Waals surface area contributed by atoms with Crippen molar-refractivity contribution >= 4 is 29.4 Å². The van der Waals surface area contributed by atoms with Crippen molar-refractivity contribution in [3.05, 3.63) is 17.2 Å². The van der Waals surface area contributed by atoms with Crippen molar-refractivity contribution in [1.82, 2.24) is 0 Å². The van der Waals surface area contributed by atoms with Crippen LogP contribution in [0.5, 0.6) is 0 Å². The lowest BCUT2D eigenvalue weighted by molar-refractivity contribution is 0.343. The minimum absolute atomic E-state index is 0.478. The van der Waals surface area contributed by atoms with Gasteiger partial charge in [-0.3, -0.25) is 0 Å². The second kappa shape index (κ2) is 5.85. The predicted molar refractivity (Wildman–Crippen MR) is 116 cm³/mol. The largest absolute Gasteiger partial charge is 0.0823 e. The number of hydrogen-bond donors (Lipinski definition) is 0. The molecule has 4 heteroatoms. The molecule has 0 unspecified atom stereocenters. The maximum atomic E-state index is 2.72. The zero-order valence-corrected chi connectivity index (χ0v) is 21.5. The van der Waals surface area contributed by atoms with Crippen molar-refractivity contribution in [1.29, 1.82) is 0 Å². The van der Waals surface area contributed by atoms with E-state index >= 15 is 0 Å². The Morgan fingerprint density at radius 1 is 0.727 bits per heavy atom. The Labute approximate surface area is 144 Å². The lowest BCUT2D eigenvalue weighted by Gasteiger charge is -2.62. The Balaban J connectivity index is 3.69. The summed E-state index contributed by atoms with van der Waals surface area (Å²) in [7, 11) is -3.62. The van der Waals surface area contributed by atoms with Gasteiger partial charge in [0.2, 0.25) is 0 Å². The maximum Gasteiger partial charge on any atom is 0.0493 e. The highest BCUT2D eigenvalue weighted by Gasteiger charge is 2.65. The summed E-state index contributed by atoms with van der Waals surface area (Å²) in [5.74, 6) is 0. The van der Waals surface area contributed by atoms with Crippen LogP contribution in [0.1, 0.15) is 33.6 Å². The van der Waals surface area contributed by atoms with Gasteiger partial charge in [-0.1, -0.05) is 84.4 Å². The molecule has 0 amide bonds. The van der Waals surface area contributed by atoms with Gasteiger partial charge in [0.15, 0.2) is 0 Å². The molecule has 129 valence electrons. The van der Waals surface area contributed by atoms with Crippen LogP contribution in [-0.2, 0) is 0 Å². The van der Waals surface area contributed by atoms with E-state index in [2.05, 4.69) is 85.8 Å². The summed E-state index contributed by atoms with van der Waals surface area (Å²) < 4.78 is 0. The van der Waals surface area contributed by atoms with Gasteiger partial charge in [0.1, 0.15) is 0 Å². The molecule has 0 aromatic heterocycles. The molecule has 1 radical (unpaired) electrons. The summed E-state index contributed by atoms with van der Waals surface area (Å²) in [5, 5.41) is 0. The molecular formula is C18H41Si4. The first kappa shape index (κ1) is 20.7. The van der Waals surface area contributed by atoms with E-state index in [1.165, 1.54) is 12.8 Å². The molecule has 1 aliphatic rings. The lowest BCUT2D eigenvalue weighted by atomic mass is 9.77. The molecule has 0 bridgehead atoms. The van der Waals surface area contributed by atoms with Crippen LogP contribution in [0.3, 0.4) is 0 Å². The second-order valence-electron chi connectivity index (χ2n) is 11.5. The third-order valence-corrected chi connectivity index (χ3v) is 77.4. The highest BCUT2D eigenvalue weighted by Crippen LogP contribution is 2.51. The Morgan fingerprint density at radius 2 is 1.09 bits per heavy atom. The topological polar surface area (TPSA) is 0 Å². The summed E-state index contributed by atoms with van der Waals surface area (Å²) in [6.45, 7) is 30.5. The van der Waals surface area contributed by atoms with E-state index in [0.29, 0.717) is 5.41 Å². The molecule has 0 aliphatic heterocycles. The van der Waals surface area contributed by atoms with E-state index in [1.807, 2.05) is 5.54 Å². The second-order valence-corrected chi connectivity index (χ2v) is 51.9. The Morgan fingerprint density at radius 3 is 1.36 bits per heavy atom. The molecule has 22 heavy (non-hydrogen) atoms. The first-order valence-electron chi connectivity index (χ1n) is 8.99. The highest BCUT2D eigenvalue weighted by molar-refractivity contribution is 7.91. The van der Waals surface area contributed by atoms with E-state index in [0.717, 1.165) is 0 Å². The number of rotatable bonds is 4. The van der Waals surface area contributed by atoms with E-state index in [1.54, 1.807) is 5.57 Å². The van der Waals surface area contributed by atoms with Gasteiger partial charge in [-0.25, -0.2) is 0 Å². The van der Waals surface area contributed by atoms with Crippen LogP contribution in [0.15, 0.2) is 11.6 Å². The standard InChI is InChI=1S/C18H41Si4/c1-16-13-17(15-18(2,3)14-16)22(19(4,5)6,20(7,8)9)21(10,11)12/h13H,14-15H2,1-12H3. The van der Waals surface area contributed by atoms with Gasteiger partial charge in [0.25, 0.3) is 0 Å². The molecule has 0 fully saturated rings. The smallest absolute Gasteiger partial charge is 0.0493 e. The fourth-order valence-corrected chi connectivity index (χ4v) is 109. The fourth-order valence-electron chi connectivity index (χ4n) is 6.79. The predicted octanol–water partition coefficient (Wildman–Crippen LogP) is 6.56. The Kier molecular flexibility index (Phi) is 5.49. The summed E-state index contributed by atoms with van der Waals surface area (Å²) in [4.78, 5) is 0. The monoisotopic (exact) mass is 369 g/mol. The van der Waals surface area contributed by atoms with Crippen LogP contribution < -0.4 is 0 Å². The van der Waals surface area contributed by atoms with Crippen LogP contribution in [-0.4, -0.2) is 29.4 Å². The van der Waals surface area contributed by atoms with Gasteiger partial charge < -0.3 is 0 Å². The van der Waals surface area contributed by atoms with Crippen molar-refractivity contribution in [3.63, 3.8) is 0 Å². The summed E-state index contributed by atoms with van der Waals surface area (Å²) >= 11 is 0. The minimum Gasteiger partial charge on any atom is -0.0823 e. The summed E-state index contributed by atoms with van der Waals surface area (Å²) in [6, 6.07) is 0. The SMILES string of the molecule is CC1=C[C]([Si]([Si](C)(C)C)([Si](C)(C)C)[Si](C)(C)C)CC(C)(C)C1. The zero-order valence-electron chi connectivity index (χ0n) is 17.5. The Hall–Kier alpha value is 0.608. The van der Waals surface area contributed by atoms with Gasteiger partial charge in [-0.15, -0.1) is 0 Å². The molecule has 0 heterocycles. The van der Waals surface area contributed by atoms with Crippen molar-refractivity contribution in [2.24, 2.45) is 5.41 Å². The molecule has 1 aliphatic carbocycles. The molecule has 0 nitrogen and oxygen atoms in total. The minimum atomic E-state index is -1.37. The van der Waals surface area contributed by atoms with E-state index in [4.69, 9.17) is 0 Å². The molecule has 0 spiro atoms. The van der Waals surface area contributed by atoms with Crippen molar-refractivity contribution in [2.45, 2.75) is 92.5 Å². The average molecular weight is 370 g/mol. The first-order chi connectivity index (χ1) is 9.46. The van der Waals surface area contributed by atoms with Gasteiger partial charge >= 0.3 is 0 Å². The van der Waals surface area contributed by atoms with Gasteiger partial charge in [-0.2, -0.15) is 0 Å². The van der Waals surface area contributed by atoms with Crippen LogP contribution in [0.25, 0.3) is 0 Å². The lowest BCUT2D eigenvalue weighted by Crippen LogP contribution is -2.85. The third kappa shape index (κ3) is 3.50. The first-order valence-corrected chi connectivity index (χ1v) is 24.5. The fraction of sp³-hybridized carbons (Fsp3) is 0.833. The van der Waals surface area contributed by atoms with Crippen LogP contribution >= 0.6 is 0 Å². The average Bonchev–Trinajstić information content (AvgIpc) is 2.04. The zero-order chi connectivity index (χ0) is 17.8. The number of hydrogen-bond acceptors (Lipinski definition) is 0. The van der Waals surface area contributed by atoms with Crippen LogP contribution in [0.2, 0.25) is 58.9 Å². The molecule has 0 saturated heterocycles. The van der Waals surface area contributed by atoms with E-state index < -0.39 is 29.4 Å². The van der Waals surface area contributed by atoms with Gasteiger partial charge in [0, 0.05) is 29.4 Å². The molecular weight excluding hydrogens is 329 g/mol. The van der Waals surface area contributed by atoms with Crippen LogP contribution in [0, 0.1) is 11.0 Å².